The Bertz CT molecular complexity index is 1010. The predicted octanol–water partition coefficient (Wildman–Crippen LogP) is 1.94. The van der Waals surface area contributed by atoms with Crippen molar-refractivity contribution in [3.05, 3.63) is 59.7 Å². The van der Waals surface area contributed by atoms with Gasteiger partial charge in [0, 0.05) is 50.0 Å². The monoisotopic (exact) mass is 424 g/mol. The van der Waals surface area contributed by atoms with Gasteiger partial charge in [-0.25, -0.2) is 4.39 Å². The molecule has 3 heterocycles. The van der Waals surface area contributed by atoms with Crippen molar-refractivity contribution in [2.45, 2.75) is 31.7 Å². The third-order valence-electron chi connectivity index (χ3n) is 6.18. The zero-order chi connectivity index (χ0) is 22.0. The van der Waals surface area contributed by atoms with Crippen LogP contribution in [0.3, 0.4) is 0 Å². The maximum atomic E-state index is 13.9. The number of Topliss-reactive ketones (excluding diaryl/α,β-unsaturated/α-hetero) is 1. The number of hydrogen-bond donors (Lipinski definition) is 1. The minimum absolute atomic E-state index is 0.0696. The van der Waals surface area contributed by atoms with Gasteiger partial charge in [-0.3, -0.25) is 19.4 Å². The number of amides is 2. The first-order valence-electron chi connectivity index (χ1n) is 10.4. The van der Waals surface area contributed by atoms with Crippen molar-refractivity contribution < 1.29 is 18.8 Å². The summed E-state index contributed by atoms with van der Waals surface area (Å²) in [7, 11) is 0. The van der Waals surface area contributed by atoms with E-state index in [1.165, 1.54) is 6.07 Å². The second-order valence-corrected chi connectivity index (χ2v) is 8.02. The van der Waals surface area contributed by atoms with Gasteiger partial charge in [-0.1, -0.05) is 12.1 Å². The molecule has 0 saturated carbocycles. The van der Waals surface area contributed by atoms with E-state index in [9.17, 15) is 18.8 Å². The minimum atomic E-state index is -1.24. The van der Waals surface area contributed by atoms with E-state index in [2.05, 4.69) is 15.2 Å². The summed E-state index contributed by atoms with van der Waals surface area (Å²) < 4.78 is 13.9. The van der Waals surface area contributed by atoms with E-state index in [-0.39, 0.29) is 42.7 Å². The van der Waals surface area contributed by atoms with E-state index in [1.807, 2.05) is 6.07 Å². The number of piperazine rings is 1. The highest BCUT2D eigenvalue weighted by atomic mass is 19.1. The molecule has 2 amide bonds. The van der Waals surface area contributed by atoms with Gasteiger partial charge in [0.2, 0.25) is 11.8 Å². The molecular weight excluding hydrogens is 399 g/mol. The molecule has 0 spiro atoms. The van der Waals surface area contributed by atoms with Crippen molar-refractivity contribution >= 4 is 23.3 Å². The number of pyridine rings is 1. The average Bonchev–Trinajstić information content (AvgIpc) is 3.08. The van der Waals surface area contributed by atoms with Gasteiger partial charge >= 0.3 is 0 Å². The minimum Gasteiger partial charge on any atom is -0.368 e. The fourth-order valence-electron chi connectivity index (χ4n) is 4.39. The van der Waals surface area contributed by atoms with E-state index >= 15 is 0 Å². The number of hydrogen-bond acceptors (Lipinski definition) is 5. The lowest BCUT2D eigenvalue weighted by atomic mass is 9.86. The van der Waals surface area contributed by atoms with E-state index in [0.717, 1.165) is 5.69 Å². The van der Waals surface area contributed by atoms with Gasteiger partial charge in [0.05, 0.1) is 12.1 Å². The summed E-state index contributed by atoms with van der Waals surface area (Å²) in [5, 5.41) is 2.77. The number of benzene rings is 1. The molecule has 4 rings (SSSR count). The summed E-state index contributed by atoms with van der Waals surface area (Å²) in [6, 6.07) is 10.2. The third-order valence-corrected chi connectivity index (χ3v) is 6.18. The van der Waals surface area contributed by atoms with Crippen LogP contribution in [0, 0.1) is 12.7 Å². The number of nitrogens with one attached hydrogen (secondary N) is 1. The Labute approximate surface area is 180 Å². The molecule has 1 aromatic carbocycles. The molecule has 1 N–H and O–H groups in total. The zero-order valence-corrected chi connectivity index (χ0v) is 17.4. The van der Waals surface area contributed by atoms with Crippen LogP contribution in [-0.2, 0) is 19.9 Å². The SMILES string of the molecule is Cc1c(F)cccc1N1CCN(C(=O)CCC2(c3ccccn3)NC(=O)CC2=O)CC1. The number of rotatable bonds is 5. The molecule has 0 bridgehead atoms. The number of ketones is 1. The number of aromatic nitrogens is 1. The lowest BCUT2D eigenvalue weighted by Gasteiger charge is -2.37. The number of anilines is 1. The van der Waals surface area contributed by atoms with Crippen molar-refractivity contribution in [3.8, 4) is 0 Å². The molecule has 2 aromatic rings. The lowest BCUT2D eigenvalue weighted by molar-refractivity contribution is -0.132. The Morgan fingerprint density at radius 1 is 1.13 bits per heavy atom. The fraction of sp³-hybridized carbons (Fsp3) is 0.391. The number of halogens is 1. The molecular formula is C23H25FN4O3. The van der Waals surface area contributed by atoms with Gasteiger partial charge in [-0.05, 0) is 37.6 Å². The van der Waals surface area contributed by atoms with Crippen LogP contribution >= 0.6 is 0 Å². The van der Waals surface area contributed by atoms with Crippen LogP contribution in [0.4, 0.5) is 10.1 Å². The van der Waals surface area contributed by atoms with Crippen LogP contribution in [0.5, 0.6) is 0 Å². The van der Waals surface area contributed by atoms with Crippen molar-refractivity contribution in [2.24, 2.45) is 0 Å². The smallest absolute Gasteiger partial charge is 0.228 e. The molecule has 1 unspecified atom stereocenters. The summed E-state index contributed by atoms with van der Waals surface area (Å²) in [5.74, 6) is -0.906. The molecule has 2 saturated heterocycles. The van der Waals surface area contributed by atoms with Crippen LogP contribution in [0.25, 0.3) is 0 Å². The van der Waals surface area contributed by atoms with Crippen molar-refractivity contribution in [1.29, 1.82) is 0 Å². The van der Waals surface area contributed by atoms with Crippen LogP contribution in [-0.4, -0.2) is 53.7 Å². The second kappa shape index (κ2) is 8.45. The molecule has 2 aliphatic rings. The van der Waals surface area contributed by atoms with E-state index in [0.29, 0.717) is 37.4 Å². The Morgan fingerprint density at radius 3 is 2.55 bits per heavy atom. The molecule has 0 radical (unpaired) electrons. The Balaban J connectivity index is 1.40. The molecule has 0 aliphatic carbocycles. The normalized spacial score (nSPS) is 21.4. The van der Waals surface area contributed by atoms with Gasteiger partial charge in [0.25, 0.3) is 0 Å². The van der Waals surface area contributed by atoms with Crippen LogP contribution < -0.4 is 10.2 Å². The molecule has 8 heteroatoms. The largest absolute Gasteiger partial charge is 0.368 e. The Kier molecular flexibility index (Phi) is 5.71. The quantitative estimate of drug-likeness (QED) is 0.742. The van der Waals surface area contributed by atoms with Crippen molar-refractivity contribution in [1.82, 2.24) is 15.2 Å². The van der Waals surface area contributed by atoms with Crippen LogP contribution in [0.2, 0.25) is 0 Å². The summed E-state index contributed by atoms with van der Waals surface area (Å²) >= 11 is 0. The summed E-state index contributed by atoms with van der Waals surface area (Å²) in [6.07, 6.45) is 1.68. The zero-order valence-electron chi connectivity index (χ0n) is 17.4. The summed E-state index contributed by atoms with van der Waals surface area (Å²) in [4.78, 5) is 45.6. The number of nitrogens with zero attached hydrogens (tertiary/aromatic N) is 3. The highest BCUT2D eigenvalue weighted by Gasteiger charge is 2.48. The van der Waals surface area contributed by atoms with Gasteiger partial charge < -0.3 is 15.1 Å². The first-order chi connectivity index (χ1) is 14.9. The lowest BCUT2D eigenvalue weighted by Crippen LogP contribution is -2.50. The van der Waals surface area contributed by atoms with Gasteiger partial charge in [-0.15, -0.1) is 0 Å². The maximum absolute atomic E-state index is 13.9. The van der Waals surface area contributed by atoms with E-state index < -0.39 is 5.54 Å². The second-order valence-electron chi connectivity index (χ2n) is 8.02. The molecule has 1 atom stereocenters. The molecule has 1 aromatic heterocycles. The average molecular weight is 424 g/mol. The predicted molar refractivity (Wildman–Crippen MR) is 113 cm³/mol. The van der Waals surface area contributed by atoms with Gasteiger partial charge in [0.1, 0.15) is 11.4 Å². The van der Waals surface area contributed by atoms with E-state index in [4.69, 9.17) is 0 Å². The molecule has 162 valence electrons. The highest BCUT2D eigenvalue weighted by Crippen LogP contribution is 2.32. The van der Waals surface area contributed by atoms with Crippen molar-refractivity contribution in [3.63, 3.8) is 0 Å². The summed E-state index contributed by atoms with van der Waals surface area (Å²) in [6.45, 7) is 4.01. The van der Waals surface area contributed by atoms with E-state index in [1.54, 1.807) is 42.3 Å². The maximum Gasteiger partial charge on any atom is 0.228 e. The van der Waals surface area contributed by atoms with Gasteiger partial charge in [-0.2, -0.15) is 0 Å². The first-order valence-corrected chi connectivity index (χ1v) is 10.4. The number of carbonyl (C=O) groups excluding carboxylic acids is 3. The van der Waals surface area contributed by atoms with Gasteiger partial charge in [0.15, 0.2) is 5.78 Å². The first kappa shape index (κ1) is 21.0. The van der Waals surface area contributed by atoms with Crippen LogP contribution in [0.1, 0.15) is 30.5 Å². The molecule has 2 aliphatic heterocycles. The molecule has 31 heavy (non-hydrogen) atoms. The topological polar surface area (TPSA) is 82.6 Å². The molecule has 2 fully saturated rings. The Morgan fingerprint density at radius 2 is 1.90 bits per heavy atom. The van der Waals surface area contributed by atoms with Crippen molar-refractivity contribution in [2.75, 3.05) is 31.1 Å². The number of carbonyl (C=O) groups is 3. The standard InChI is InChI=1S/C23H25FN4O3/c1-16-17(24)5-4-6-18(16)27-11-13-28(14-12-27)22(31)8-9-23(19-7-2-3-10-25-19)20(29)15-21(30)26-23/h2-7,10H,8-9,11-15H2,1H3,(H,26,30). The Hall–Kier alpha value is -3.29. The fourth-order valence-corrected chi connectivity index (χ4v) is 4.39. The third kappa shape index (κ3) is 4.02. The van der Waals surface area contributed by atoms with Crippen LogP contribution in [0.15, 0.2) is 42.6 Å². The highest BCUT2D eigenvalue weighted by molar-refractivity contribution is 6.10. The summed E-state index contributed by atoms with van der Waals surface area (Å²) in [5.41, 5.74) is 0.676. The molecule has 7 nitrogen and oxygen atoms in total.